The maximum Gasteiger partial charge on any atom is 0.338 e. The van der Waals surface area contributed by atoms with Crippen molar-refractivity contribution in [2.24, 2.45) is 0 Å². The summed E-state index contributed by atoms with van der Waals surface area (Å²) >= 11 is 3.34. The number of aliphatic hydroxyl groups excluding tert-OH is 1. The lowest BCUT2D eigenvalue weighted by Gasteiger charge is -2.12. The van der Waals surface area contributed by atoms with Gasteiger partial charge < -0.3 is 20.9 Å². The number of nitrogens with zero attached hydrogens (tertiary/aromatic N) is 1. The Morgan fingerprint density at radius 3 is 2.77 bits per heavy atom. The molecule has 116 valence electrons. The molecule has 1 aromatic carbocycles. The number of halogens is 1. The van der Waals surface area contributed by atoms with E-state index in [0.29, 0.717) is 22.3 Å². The summed E-state index contributed by atoms with van der Waals surface area (Å²) in [5.74, 6) is -0.500. The number of aliphatic hydroxyl groups is 1. The Morgan fingerprint density at radius 2 is 2.09 bits per heavy atom. The molecule has 0 saturated carbocycles. The van der Waals surface area contributed by atoms with Crippen LogP contribution in [0.15, 0.2) is 41.1 Å². The lowest BCUT2D eigenvalue weighted by molar-refractivity contribution is 0.0433. The highest BCUT2D eigenvalue weighted by atomic mass is 79.9. The molecule has 0 amide bonds. The van der Waals surface area contributed by atoms with Gasteiger partial charge in [-0.3, -0.25) is 4.98 Å². The van der Waals surface area contributed by atoms with Gasteiger partial charge in [-0.05, 0) is 45.8 Å². The second kappa shape index (κ2) is 7.77. The third kappa shape index (κ3) is 4.19. The monoisotopic (exact) mass is 365 g/mol. The zero-order chi connectivity index (χ0) is 15.9. The molecule has 1 aromatic heterocycles. The van der Waals surface area contributed by atoms with Crippen LogP contribution in [-0.4, -0.2) is 29.3 Å². The molecule has 0 radical (unpaired) electrons. The molecule has 4 N–H and O–H groups in total. The van der Waals surface area contributed by atoms with E-state index in [1.807, 2.05) is 12.1 Å². The van der Waals surface area contributed by atoms with E-state index in [9.17, 15) is 4.79 Å². The molecule has 6 nitrogen and oxygen atoms in total. The van der Waals surface area contributed by atoms with Crippen LogP contribution in [0.2, 0.25) is 0 Å². The first-order chi connectivity index (χ1) is 10.6. The van der Waals surface area contributed by atoms with E-state index in [4.69, 9.17) is 15.6 Å². The van der Waals surface area contributed by atoms with E-state index in [1.54, 1.807) is 24.5 Å². The molecule has 0 spiro atoms. The number of benzene rings is 1. The van der Waals surface area contributed by atoms with Crippen LogP contribution in [0.4, 0.5) is 11.4 Å². The molecule has 0 bridgehead atoms. The minimum atomic E-state index is -0.500. The van der Waals surface area contributed by atoms with E-state index in [1.165, 1.54) is 0 Å². The summed E-state index contributed by atoms with van der Waals surface area (Å²) in [6.07, 6.45) is 3.37. The minimum Gasteiger partial charge on any atom is -0.460 e. The van der Waals surface area contributed by atoms with Crippen LogP contribution in [0, 0.1) is 0 Å². The molecule has 0 aliphatic rings. The summed E-state index contributed by atoms with van der Waals surface area (Å²) in [6.45, 7) is 0.208. The number of hydrogen-bond donors (Lipinski definition) is 3. The van der Waals surface area contributed by atoms with E-state index in [-0.39, 0.29) is 13.2 Å². The molecule has 2 aromatic rings. The molecule has 0 fully saturated rings. The Morgan fingerprint density at radius 1 is 1.36 bits per heavy atom. The van der Waals surface area contributed by atoms with Crippen LogP contribution >= 0.6 is 15.9 Å². The van der Waals surface area contributed by atoms with Gasteiger partial charge in [0.2, 0.25) is 0 Å². The van der Waals surface area contributed by atoms with Gasteiger partial charge in [-0.15, -0.1) is 0 Å². The lowest BCUT2D eigenvalue weighted by atomic mass is 10.1. The van der Waals surface area contributed by atoms with Gasteiger partial charge in [-0.2, -0.15) is 0 Å². The normalized spacial score (nSPS) is 10.3. The summed E-state index contributed by atoms with van der Waals surface area (Å²) in [5, 5.41) is 11.9. The zero-order valence-corrected chi connectivity index (χ0v) is 13.3. The Bertz CT molecular complexity index is 650. The highest BCUT2D eigenvalue weighted by Gasteiger charge is 2.13. The fourth-order valence-electron chi connectivity index (χ4n) is 1.83. The zero-order valence-electron chi connectivity index (χ0n) is 11.8. The van der Waals surface area contributed by atoms with E-state index >= 15 is 0 Å². The number of anilines is 2. The van der Waals surface area contributed by atoms with Crippen LogP contribution < -0.4 is 11.1 Å². The maximum atomic E-state index is 11.9. The van der Waals surface area contributed by atoms with Gasteiger partial charge in [-0.25, -0.2) is 4.79 Å². The predicted molar refractivity (Wildman–Crippen MR) is 87.5 cm³/mol. The van der Waals surface area contributed by atoms with Crippen LogP contribution in [0.1, 0.15) is 15.9 Å². The molecule has 0 atom stereocenters. The second-order valence-electron chi connectivity index (χ2n) is 4.48. The fraction of sp³-hybridized carbons (Fsp3) is 0.200. The van der Waals surface area contributed by atoms with Gasteiger partial charge in [0.05, 0.1) is 17.9 Å². The molecule has 0 unspecified atom stereocenters. The number of nitrogen functional groups attached to an aromatic ring is 1. The predicted octanol–water partition coefficient (Wildman–Crippen LogP) is 2.19. The maximum absolute atomic E-state index is 11.9. The first-order valence-electron chi connectivity index (χ1n) is 6.61. The number of rotatable bonds is 6. The number of nitrogens with two attached hydrogens (primary N) is 1. The highest BCUT2D eigenvalue weighted by molar-refractivity contribution is 9.10. The molecule has 0 saturated heterocycles. The van der Waals surface area contributed by atoms with E-state index in [0.717, 1.165) is 11.3 Å². The Kier molecular flexibility index (Phi) is 5.74. The van der Waals surface area contributed by atoms with Gasteiger partial charge in [0, 0.05) is 29.1 Å². The second-order valence-corrected chi connectivity index (χ2v) is 5.33. The molecule has 0 aliphatic carbocycles. The number of carbonyl (C=O) groups excluding carboxylic acids is 1. The van der Waals surface area contributed by atoms with E-state index in [2.05, 4.69) is 26.2 Å². The van der Waals surface area contributed by atoms with Crippen molar-refractivity contribution in [2.75, 3.05) is 24.3 Å². The fourth-order valence-corrected chi connectivity index (χ4v) is 2.33. The minimum absolute atomic E-state index is 0.0363. The number of ether oxygens (including phenoxy) is 1. The van der Waals surface area contributed by atoms with Gasteiger partial charge in [0.15, 0.2) is 0 Å². The van der Waals surface area contributed by atoms with Crippen molar-refractivity contribution in [3.8, 4) is 0 Å². The first kappa shape index (κ1) is 16.3. The summed E-state index contributed by atoms with van der Waals surface area (Å²) < 4.78 is 5.53. The molecule has 0 aliphatic heterocycles. The molecule has 1 heterocycles. The highest BCUT2D eigenvalue weighted by Crippen LogP contribution is 2.26. The van der Waals surface area contributed by atoms with Crippen LogP contribution in [0.25, 0.3) is 0 Å². The molecular weight excluding hydrogens is 350 g/mol. The summed E-state index contributed by atoms with van der Waals surface area (Å²) in [5.41, 5.74) is 8.62. The number of hydrogen-bond acceptors (Lipinski definition) is 6. The largest absolute Gasteiger partial charge is 0.460 e. The van der Waals surface area contributed by atoms with Crippen molar-refractivity contribution in [3.63, 3.8) is 0 Å². The molecular formula is C15H16BrN3O3. The van der Waals surface area contributed by atoms with Crippen LogP contribution in [-0.2, 0) is 11.3 Å². The first-order valence-corrected chi connectivity index (χ1v) is 7.41. The molecule has 22 heavy (non-hydrogen) atoms. The van der Waals surface area contributed by atoms with Crippen molar-refractivity contribution in [1.82, 2.24) is 4.98 Å². The van der Waals surface area contributed by atoms with Gasteiger partial charge in [0.1, 0.15) is 6.61 Å². The SMILES string of the molecule is Nc1c(Br)cc(C(=O)OCCO)cc1CNc1ccncc1. The summed E-state index contributed by atoms with van der Waals surface area (Å²) in [7, 11) is 0. The average molecular weight is 366 g/mol. The van der Waals surface area contributed by atoms with Crippen molar-refractivity contribution < 1.29 is 14.6 Å². The third-order valence-corrected chi connectivity index (χ3v) is 3.59. The molecule has 7 heteroatoms. The third-order valence-electron chi connectivity index (χ3n) is 2.94. The van der Waals surface area contributed by atoms with Crippen molar-refractivity contribution in [1.29, 1.82) is 0 Å². The van der Waals surface area contributed by atoms with Crippen molar-refractivity contribution >= 4 is 33.3 Å². The average Bonchev–Trinajstić information content (AvgIpc) is 2.54. The lowest BCUT2D eigenvalue weighted by Crippen LogP contribution is -2.11. The number of pyridine rings is 1. The van der Waals surface area contributed by atoms with Gasteiger partial charge in [-0.1, -0.05) is 0 Å². The van der Waals surface area contributed by atoms with E-state index < -0.39 is 5.97 Å². The number of aromatic nitrogens is 1. The van der Waals surface area contributed by atoms with Crippen molar-refractivity contribution in [2.45, 2.75) is 6.54 Å². The summed E-state index contributed by atoms with van der Waals surface area (Å²) in [6, 6.07) is 6.95. The van der Waals surface area contributed by atoms with Crippen molar-refractivity contribution in [3.05, 3.63) is 52.3 Å². The number of nitrogens with one attached hydrogen (secondary N) is 1. The topological polar surface area (TPSA) is 97.5 Å². The molecule has 2 rings (SSSR count). The van der Waals surface area contributed by atoms with Gasteiger partial charge >= 0.3 is 5.97 Å². The Hall–Kier alpha value is -2.12. The number of esters is 1. The smallest absolute Gasteiger partial charge is 0.338 e. The number of carbonyl (C=O) groups is 1. The summed E-state index contributed by atoms with van der Waals surface area (Å²) in [4.78, 5) is 15.8. The van der Waals surface area contributed by atoms with Crippen LogP contribution in [0.3, 0.4) is 0 Å². The standard InChI is InChI=1S/C15H16BrN3O3/c16-13-8-10(15(21)22-6-5-20)7-11(14(13)17)9-19-12-1-3-18-4-2-12/h1-4,7-8,20H,5-6,9,17H2,(H,18,19). The Labute approximate surface area is 136 Å². The van der Waals surface area contributed by atoms with Crippen LogP contribution in [0.5, 0.6) is 0 Å². The quantitative estimate of drug-likeness (QED) is 0.536. The van der Waals surface area contributed by atoms with Gasteiger partial charge in [0.25, 0.3) is 0 Å². The Balaban J connectivity index is 2.16.